The summed E-state index contributed by atoms with van der Waals surface area (Å²) in [5, 5.41) is 0. The van der Waals surface area contributed by atoms with E-state index in [2.05, 4.69) is 8.71 Å². The Morgan fingerprint density at radius 3 is 2.00 bits per heavy atom. The smallest absolute Gasteiger partial charge is 0.246 e. The minimum atomic E-state index is -3.93. The maximum Gasteiger partial charge on any atom is 0.512 e. The highest BCUT2D eigenvalue weighted by Gasteiger charge is 2.35. The van der Waals surface area contributed by atoms with Crippen LogP contribution in [0.4, 0.5) is 0 Å². The average Bonchev–Trinajstić information content (AvgIpc) is 1.98. The van der Waals surface area contributed by atoms with Crippen LogP contribution in [0.15, 0.2) is 0 Å². The van der Waals surface area contributed by atoms with Crippen LogP contribution < -0.4 is 0 Å². The van der Waals surface area contributed by atoms with Gasteiger partial charge in [0.15, 0.2) is 9.84 Å². The van der Waals surface area contributed by atoms with E-state index >= 15 is 0 Å². The molecule has 0 spiro atoms. The van der Waals surface area contributed by atoms with Crippen molar-refractivity contribution in [2.75, 3.05) is 25.3 Å². The van der Waals surface area contributed by atoms with Crippen molar-refractivity contribution in [3.63, 3.8) is 0 Å². The molecule has 0 N–H and O–H groups in total. The molecule has 0 amide bonds. The third kappa shape index (κ3) is 7.24. The van der Waals surface area contributed by atoms with Crippen molar-refractivity contribution < 1.29 is 30.1 Å². The van der Waals surface area contributed by atoms with E-state index in [-0.39, 0.29) is 6.61 Å². The summed E-state index contributed by atoms with van der Waals surface area (Å²) < 4.78 is 64.1. The Labute approximate surface area is 96.0 Å². The second kappa shape index (κ2) is 6.02. The molecule has 0 saturated heterocycles. The molecule has 0 heterocycles. The van der Waals surface area contributed by atoms with E-state index in [1.807, 2.05) is 0 Å². The molecule has 7 nitrogen and oxygen atoms in total. The summed E-state index contributed by atoms with van der Waals surface area (Å²) in [6.45, 7) is 1.73. The van der Waals surface area contributed by atoms with Crippen LogP contribution >= 0.6 is 8.03 Å². The van der Waals surface area contributed by atoms with Gasteiger partial charge < -0.3 is 0 Å². The quantitative estimate of drug-likeness (QED) is 0.484. The Morgan fingerprint density at radius 2 is 1.69 bits per heavy atom. The van der Waals surface area contributed by atoms with Crippen LogP contribution in [0.3, 0.4) is 0 Å². The summed E-state index contributed by atoms with van der Waals surface area (Å²) in [5.41, 5.74) is -1.67. The first-order chi connectivity index (χ1) is 7.06. The lowest BCUT2D eigenvalue weighted by Crippen LogP contribution is -2.28. The van der Waals surface area contributed by atoms with Gasteiger partial charge in [0.05, 0.1) is 12.9 Å². The van der Waals surface area contributed by atoms with E-state index in [0.29, 0.717) is 0 Å². The first-order valence-electron chi connectivity index (χ1n) is 4.21. The van der Waals surface area contributed by atoms with Gasteiger partial charge in [0.2, 0.25) is 11.6 Å². The summed E-state index contributed by atoms with van der Waals surface area (Å²) in [7, 11) is -9.96. The topological polar surface area (TPSA) is 104 Å². The van der Waals surface area contributed by atoms with Gasteiger partial charge in [-0.25, -0.2) is 12.6 Å². The van der Waals surface area contributed by atoms with Crippen molar-refractivity contribution in [1.29, 1.82) is 0 Å². The molecule has 0 aromatic rings. The summed E-state index contributed by atoms with van der Waals surface area (Å²) >= 11 is 0. The molecule has 16 heavy (non-hydrogen) atoms. The van der Waals surface area contributed by atoms with Gasteiger partial charge in [-0.05, 0) is 11.5 Å². The molecule has 2 unspecified atom stereocenters. The SMILES string of the molecule is CCO[P+](=O)CC(OS(C)(=O)=O)S(C)(=O)=O. The summed E-state index contributed by atoms with van der Waals surface area (Å²) in [4.78, 5) is 0. The fourth-order valence-electron chi connectivity index (χ4n) is 0.751. The van der Waals surface area contributed by atoms with Crippen LogP contribution in [0.2, 0.25) is 0 Å². The van der Waals surface area contributed by atoms with E-state index in [4.69, 9.17) is 0 Å². The zero-order valence-electron chi connectivity index (χ0n) is 9.11. The average molecular weight is 293 g/mol. The van der Waals surface area contributed by atoms with E-state index < -0.39 is 39.6 Å². The Balaban J connectivity index is 4.79. The fraction of sp³-hybridized carbons (Fsp3) is 1.00. The van der Waals surface area contributed by atoms with Gasteiger partial charge in [0.1, 0.15) is 0 Å². The van der Waals surface area contributed by atoms with Crippen molar-refractivity contribution >= 4 is 28.0 Å². The molecular formula is C6H14O7PS2+. The van der Waals surface area contributed by atoms with Crippen LogP contribution in [0.25, 0.3) is 0 Å². The number of hydrogen-bond acceptors (Lipinski definition) is 7. The maximum absolute atomic E-state index is 11.2. The molecule has 0 radical (unpaired) electrons. The zero-order valence-corrected chi connectivity index (χ0v) is 11.6. The van der Waals surface area contributed by atoms with Gasteiger partial charge in [-0.1, -0.05) is 0 Å². The fourth-order valence-corrected chi connectivity index (χ4v) is 4.47. The highest BCUT2D eigenvalue weighted by Crippen LogP contribution is 2.26. The van der Waals surface area contributed by atoms with Gasteiger partial charge in [-0.2, -0.15) is 8.42 Å². The maximum atomic E-state index is 11.2. The summed E-state index contributed by atoms with van der Waals surface area (Å²) in [5.74, 6) is 0. The highest BCUT2D eigenvalue weighted by atomic mass is 32.2. The predicted octanol–water partition coefficient (Wildman–Crippen LogP) is 0.112. The lowest BCUT2D eigenvalue weighted by Gasteiger charge is -2.08. The van der Waals surface area contributed by atoms with Crippen molar-refractivity contribution in [3.05, 3.63) is 0 Å². The second-order valence-corrected chi connectivity index (χ2v) is 8.07. The van der Waals surface area contributed by atoms with Crippen LogP contribution in [-0.2, 0) is 33.2 Å². The molecule has 0 fully saturated rings. The first-order valence-corrected chi connectivity index (χ1v) is 9.34. The molecule has 2 atom stereocenters. The standard InChI is InChI=1S/C6H14O7PS2/c1-4-12-14(7)5-6(15(2,8)9)13-16(3,10)11/h6H,4-5H2,1-3H3/q+1. The Kier molecular flexibility index (Phi) is 5.99. The monoisotopic (exact) mass is 293 g/mol. The predicted molar refractivity (Wildman–Crippen MR) is 58.7 cm³/mol. The normalized spacial score (nSPS) is 15.8. The third-order valence-corrected chi connectivity index (χ3v) is 4.68. The van der Waals surface area contributed by atoms with Gasteiger partial charge >= 0.3 is 8.03 Å². The molecule has 0 aromatic carbocycles. The zero-order chi connectivity index (χ0) is 13.0. The molecule has 96 valence electrons. The van der Waals surface area contributed by atoms with E-state index in [9.17, 15) is 21.4 Å². The second-order valence-electron chi connectivity index (χ2n) is 2.99. The van der Waals surface area contributed by atoms with Gasteiger partial charge in [0.25, 0.3) is 10.1 Å². The summed E-state index contributed by atoms with van der Waals surface area (Å²) in [6, 6.07) is 0. The minimum absolute atomic E-state index is 0.143. The van der Waals surface area contributed by atoms with Gasteiger partial charge in [-0.3, -0.25) is 0 Å². The highest BCUT2D eigenvalue weighted by molar-refractivity contribution is 7.92. The minimum Gasteiger partial charge on any atom is -0.246 e. The van der Waals surface area contributed by atoms with Crippen LogP contribution in [0.5, 0.6) is 0 Å². The molecule has 0 aliphatic carbocycles. The van der Waals surface area contributed by atoms with Crippen LogP contribution in [0, 0.1) is 0 Å². The van der Waals surface area contributed by atoms with Crippen LogP contribution in [-0.4, -0.2) is 47.6 Å². The first kappa shape index (κ1) is 15.9. The van der Waals surface area contributed by atoms with Gasteiger partial charge in [-0.15, -0.1) is 4.52 Å². The lowest BCUT2D eigenvalue weighted by atomic mass is 10.9. The van der Waals surface area contributed by atoms with Crippen LogP contribution in [0.1, 0.15) is 6.92 Å². The van der Waals surface area contributed by atoms with E-state index in [0.717, 1.165) is 12.5 Å². The van der Waals surface area contributed by atoms with Crippen molar-refractivity contribution in [2.24, 2.45) is 0 Å². The Hall–Kier alpha value is -0.0800. The van der Waals surface area contributed by atoms with Crippen molar-refractivity contribution in [1.82, 2.24) is 0 Å². The Bertz CT molecular complexity index is 437. The summed E-state index contributed by atoms with van der Waals surface area (Å²) in [6.07, 6.45) is 1.02. The third-order valence-electron chi connectivity index (χ3n) is 1.33. The van der Waals surface area contributed by atoms with Gasteiger partial charge in [0, 0.05) is 6.26 Å². The molecular weight excluding hydrogens is 279 g/mol. The molecule has 0 aliphatic rings. The molecule has 0 aromatic heterocycles. The van der Waals surface area contributed by atoms with E-state index in [1.165, 1.54) is 0 Å². The Morgan fingerprint density at radius 1 is 1.19 bits per heavy atom. The van der Waals surface area contributed by atoms with Crippen molar-refractivity contribution in [3.8, 4) is 0 Å². The molecule has 0 aliphatic heterocycles. The molecule has 0 saturated carbocycles. The number of rotatable bonds is 7. The number of sulfone groups is 1. The largest absolute Gasteiger partial charge is 0.512 e. The number of hydrogen-bond donors (Lipinski definition) is 0. The molecule has 0 bridgehead atoms. The lowest BCUT2D eigenvalue weighted by molar-refractivity contribution is 0.289. The van der Waals surface area contributed by atoms with Crippen molar-refractivity contribution in [2.45, 2.75) is 12.4 Å². The van der Waals surface area contributed by atoms with E-state index in [1.54, 1.807) is 6.92 Å². The molecule has 10 heteroatoms. The molecule has 0 rings (SSSR count).